The minimum atomic E-state index is 0.0683. The van der Waals surface area contributed by atoms with Crippen molar-refractivity contribution in [1.82, 2.24) is 24.3 Å². The summed E-state index contributed by atoms with van der Waals surface area (Å²) in [5.41, 5.74) is 10.4. The van der Waals surface area contributed by atoms with Gasteiger partial charge in [0.15, 0.2) is 5.82 Å². The molecule has 142 valence electrons. The van der Waals surface area contributed by atoms with Crippen LogP contribution in [0, 0.1) is 0 Å². The number of nitrogen functional groups attached to an aromatic ring is 1. The molecule has 0 saturated carbocycles. The number of aromatic nitrogens is 4. The van der Waals surface area contributed by atoms with Crippen LogP contribution in [0.4, 0.5) is 5.82 Å². The Kier molecular flexibility index (Phi) is 3.82. The van der Waals surface area contributed by atoms with E-state index in [1.165, 1.54) is 6.42 Å². The predicted octanol–water partition coefficient (Wildman–Crippen LogP) is 3.10. The van der Waals surface area contributed by atoms with Crippen LogP contribution in [0.2, 0.25) is 0 Å². The normalized spacial score (nSPS) is 14.8. The SMILES string of the molecule is Cn1nc(N)c2cc(-c3cccc4c(C(=O)N5CCCCC5)cnn34)ccc21. The molecule has 4 aromatic rings. The first kappa shape index (κ1) is 16.8. The maximum atomic E-state index is 13.0. The number of carbonyl (C=O) groups is 1. The van der Waals surface area contributed by atoms with E-state index in [0.29, 0.717) is 11.4 Å². The second-order valence-electron chi connectivity index (χ2n) is 7.36. The molecule has 0 bridgehead atoms. The maximum absolute atomic E-state index is 13.0. The first-order valence-electron chi connectivity index (χ1n) is 9.62. The molecule has 2 N–H and O–H groups in total. The fourth-order valence-electron chi connectivity index (χ4n) is 4.11. The van der Waals surface area contributed by atoms with Crippen LogP contribution in [-0.4, -0.2) is 43.3 Å². The quantitative estimate of drug-likeness (QED) is 0.585. The van der Waals surface area contributed by atoms with Gasteiger partial charge in [0.25, 0.3) is 5.91 Å². The van der Waals surface area contributed by atoms with Crippen molar-refractivity contribution >= 4 is 28.1 Å². The third-order valence-corrected chi connectivity index (χ3v) is 5.59. The van der Waals surface area contributed by atoms with Crippen molar-refractivity contribution < 1.29 is 4.79 Å². The summed E-state index contributed by atoms with van der Waals surface area (Å²) in [5, 5.41) is 9.73. The highest BCUT2D eigenvalue weighted by molar-refractivity contribution is 6.01. The molecular weight excluding hydrogens is 352 g/mol. The molecule has 1 aromatic carbocycles. The molecule has 1 saturated heterocycles. The van der Waals surface area contributed by atoms with Crippen molar-refractivity contribution in [2.75, 3.05) is 18.8 Å². The molecule has 1 amide bonds. The Hall–Kier alpha value is -3.35. The van der Waals surface area contributed by atoms with Crippen molar-refractivity contribution in [2.45, 2.75) is 19.3 Å². The van der Waals surface area contributed by atoms with Crippen LogP contribution >= 0.6 is 0 Å². The number of aryl methyl sites for hydroxylation is 1. The molecule has 1 aliphatic rings. The summed E-state index contributed by atoms with van der Waals surface area (Å²) in [6.07, 6.45) is 5.03. The van der Waals surface area contributed by atoms with Gasteiger partial charge in [0.2, 0.25) is 0 Å². The highest BCUT2D eigenvalue weighted by Crippen LogP contribution is 2.28. The van der Waals surface area contributed by atoms with Gasteiger partial charge < -0.3 is 10.6 Å². The summed E-state index contributed by atoms with van der Waals surface area (Å²) in [4.78, 5) is 14.9. The number of likely N-dealkylation sites (tertiary alicyclic amines) is 1. The molecule has 0 aliphatic carbocycles. The number of piperidine rings is 1. The standard InChI is InChI=1S/C21H22N6O/c1-25-18-9-8-14(12-15(18)20(22)24-25)17-6-5-7-19-16(13-23-27(17)19)21(28)26-10-3-2-4-11-26/h5-9,12-13H,2-4,10-11H2,1H3,(H2,22,24). The van der Waals surface area contributed by atoms with Crippen LogP contribution in [0.3, 0.4) is 0 Å². The van der Waals surface area contributed by atoms with Crippen molar-refractivity contribution in [3.63, 3.8) is 0 Å². The molecule has 4 heterocycles. The molecule has 3 aromatic heterocycles. The molecular formula is C21H22N6O. The lowest BCUT2D eigenvalue weighted by Gasteiger charge is -2.26. The summed E-state index contributed by atoms with van der Waals surface area (Å²) in [5.74, 6) is 0.576. The molecule has 7 heteroatoms. The minimum Gasteiger partial charge on any atom is -0.382 e. The average Bonchev–Trinajstić information content (AvgIpc) is 3.29. The monoisotopic (exact) mass is 374 g/mol. The Morgan fingerprint density at radius 3 is 2.71 bits per heavy atom. The van der Waals surface area contributed by atoms with Crippen LogP contribution in [0.1, 0.15) is 29.6 Å². The van der Waals surface area contributed by atoms with Gasteiger partial charge in [-0.2, -0.15) is 10.2 Å². The summed E-state index contributed by atoms with van der Waals surface area (Å²) in [6.45, 7) is 1.65. The Morgan fingerprint density at radius 1 is 1.07 bits per heavy atom. The smallest absolute Gasteiger partial charge is 0.257 e. The molecule has 1 fully saturated rings. The van der Waals surface area contributed by atoms with Gasteiger partial charge in [-0.25, -0.2) is 4.52 Å². The van der Waals surface area contributed by atoms with E-state index in [2.05, 4.69) is 10.2 Å². The number of hydrogen-bond donors (Lipinski definition) is 1. The van der Waals surface area contributed by atoms with E-state index < -0.39 is 0 Å². The van der Waals surface area contributed by atoms with Crippen LogP contribution < -0.4 is 5.73 Å². The molecule has 0 atom stereocenters. The number of nitrogens with two attached hydrogens (primary N) is 1. The van der Waals surface area contributed by atoms with Crippen LogP contribution in [0.15, 0.2) is 42.6 Å². The van der Waals surface area contributed by atoms with Gasteiger partial charge in [0, 0.05) is 31.1 Å². The summed E-state index contributed by atoms with van der Waals surface area (Å²) < 4.78 is 3.61. The number of hydrogen-bond acceptors (Lipinski definition) is 4. The van der Waals surface area contributed by atoms with Crippen molar-refractivity contribution in [2.24, 2.45) is 7.05 Å². The number of amides is 1. The van der Waals surface area contributed by atoms with Crippen LogP contribution in [-0.2, 0) is 7.05 Å². The third kappa shape index (κ3) is 2.54. The zero-order valence-corrected chi connectivity index (χ0v) is 15.8. The minimum absolute atomic E-state index is 0.0683. The van der Waals surface area contributed by atoms with Gasteiger partial charge in [-0.15, -0.1) is 0 Å². The molecule has 28 heavy (non-hydrogen) atoms. The second kappa shape index (κ2) is 6.37. The van der Waals surface area contributed by atoms with Gasteiger partial charge in [-0.3, -0.25) is 9.48 Å². The van der Waals surface area contributed by atoms with Crippen molar-refractivity contribution in [3.8, 4) is 11.3 Å². The summed E-state index contributed by atoms with van der Waals surface area (Å²) in [6, 6.07) is 12.0. The van der Waals surface area contributed by atoms with Gasteiger partial charge in [0.1, 0.15) is 0 Å². The first-order valence-corrected chi connectivity index (χ1v) is 9.62. The lowest BCUT2D eigenvalue weighted by molar-refractivity contribution is 0.0726. The third-order valence-electron chi connectivity index (χ3n) is 5.59. The molecule has 5 rings (SSSR count). The zero-order valence-electron chi connectivity index (χ0n) is 15.8. The van der Waals surface area contributed by atoms with E-state index in [1.54, 1.807) is 10.9 Å². The van der Waals surface area contributed by atoms with E-state index >= 15 is 0 Å². The molecule has 7 nitrogen and oxygen atoms in total. The number of carbonyl (C=O) groups excluding carboxylic acids is 1. The number of anilines is 1. The lowest BCUT2D eigenvalue weighted by Crippen LogP contribution is -2.35. The van der Waals surface area contributed by atoms with E-state index in [0.717, 1.165) is 53.6 Å². The average molecular weight is 374 g/mol. The molecule has 0 radical (unpaired) electrons. The first-order chi connectivity index (χ1) is 13.6. The number of fused-ring (bicyclic) bond motifs is 2. The molecule has 0 spiro atoms. The Labute approximate surface area is 162 Å². The van der Waals surface area contributed by atoms with Gasteiger partial charge in [-0.05, 0) is 43.5 Å². The molecule has 1 aliphatic heterocycles. The fourth-order valence-corrected chi connectivity index (χ4v) is 4.11. The van der Waals surface area contributed by atoms with Gasteiger partial charge >= 0.3 is 0 Å². The topological polar surface area (TPSA) is 81.5 Å². The van der Waals surface area contributed by atoms with Crippen LogP contribution in [0.5, 0.6) is 0 Å². The highest BCUT2D eigenvalue weighted by atomic mass is 16.2. The fraction of sp³-hybridized carbons (Fsp3) is 0.286. The van der Waals surface area contributed by atoms with E-state index in [1.807, 2.05) is 52.9 Å². The Morgan fingerprint density at radius 2 is 1.89 bits per heavy atom. The second-order valence-corrected chi connectivity index (χ2v) is 7.36. The Balaban J connectivity index is 1.61. The summed E-state index contributed by atoms with van der Waals surface area (Å²) >= 11 is 0. The number of rotatable bonds is 2. The predicted molar refractivity (Wildman–Crippen MR) is 109 cm³/mol. The number of pyridine rings is 1. The zero-order chi connectivity index (χ0) is 19.3. The maximum Gasteiger partial charge on any atom is 0.257 e. The summed E-state index contributed by atoms with van der Waals surface area (Å²) in [7, 11) is 1.88. The van der Waals surface area contributed by atoms with Crippen molar-refractivity contribution in [3.05, 3.63) is 48.2 Å². The highest BCUT2D eigenvalue weighted by Gasteiger charge is 2.22. The molecule has 0 unspecified atom stereocenters. The number of nitrogens with zero attached hydrogens (tertiary/aromatic N) is 5. The van der Waals surface area contributed by atoms with Gasteiger partial charge in [0.05, 0.1) is 28.5 Å². The Bertz CT molecular complexity index is 1200. The van der Waals surface area contributed by atoms with E-state index in [9.17, 15) is 4.79 Å². The van der Waals surface area contributed by atoms with E-state index in [4.69, 9.17) is 5.73 Å². The number of benzene rings is 1. The van der Waals surface area contributed by atoms with Crippen LogP contribution in [0.25, 0.3) is 27.7 Å². The largest absolute Gasteiger partial charge is 0.382 e. The van der Waals surface area contributed by atoms with Crippen molar-refractivity contribution in [1.29, 1.82) is 0 Å². The van der Waals surface area contributed by atoms with E-state index in [-0.39, 0.29) is 5.91 Å². The lowest BCUT2D eigenvalue weighted by atomic mass is 10.1. The van der Waals surface area contributed by atoms with Gasteiger partial charge in [-0.1, -0.05) is 12.1 Å².